The third kappa shape index (κ3) is 2.88. The Hall–Kier alpha value is -0.870. The fourth-order valence-electron chi connectivity index (χ4n) is 10.7. The van der Waals surface area contributed by atoms with Crippen molar-refractivity contribution in [3.05, 3.63) is 11.6 Å². The van der Waals surface area contributed by atoms with Crippen LogP contribution in [0.15, 0.2) is 11.6 Å². The molecule has 0 spiro atoms. The van der Waals surface area contributed by atoms with Crippen molar-refractivity contribution in [3.8, 4) is 0 Å². The number of fused-ring (bicyclic) bond motifs is 7. The molecule has 5 aliphatic rings. The first-order valence-corrected chi connectivity index (χ1v) is 13.9. The standard InChI is InChI=1S/C30H48O4/c1-25(2)13-15-30(24(33)34)16-14-28(5)19(20(30)17-25)7-8-22-26(3)11-10-23(32)27(4,18-31)21(26)9-12-29(22,28)6/h7,20-23,31-32H,8-18H2,1-6H3,(H,33,34)/t20-,21+,22+,23-,26+,27+,28+,29-,30-/m0/s1. The molecule has 0 aliphatic heterocycles. The zero-order valence-electron chi connectivity index (χ0n) is 22.4. The van der Waals surface area contributed by atoms with Gasteiger partial charge in [0, 0.05) is 5.41 Å². The molecule has 0 aromatic rings. The monoisotopic (exact) mass is 472 g/mol. The average molecular weight is 473 g/mol. The SMILES string of the molecule is CC1(C)CC[C@]2(C(=O)O)CC[C@]3(C)C(=CC[C@@H]4[C@]5(C)CC[C@H](O)[C@](C)(CO)[C@@H]5CC[C@@]43C)[C@@H]2C1. The van der Waals surface area contributed by atoms with Gasteiger partial charge in [-0.05, 0) is 104 Å². The van der Waals surface area contributed by atoms with E-state index in [4.69, 9.17) is 0 Å². The second-order valence-corrected chi connectivity index (χ2v) is 14.9. The van der Waals surface area contributed by atoms with Gasteiger partial charge < -0.3 is 15.3 Å². The smallest absolute Gasteiger partial charge is 0.310 e. The molecule has 0 heterocycles. The van der Waals surface area contributed by atoms with Crippen molar-refractivity contribution in [3.63, 3.8) is 0 Å². The summed E-state index contributed by atoms with van der Waals surface area (Å²) in [5, 5.41) is 31.8. The number of hydrogen-bond donors (Lipinski definition) is 3. The summed E-state index contributed by atoms with van der Waals surface area (Å²) in [7, 11) is 0. The summed E-state index contributed by atoms with van der Waals surface area (Å²) in [6.07, 6.45) is 11.6. The zero-order chi connectivity index (χ0) is 24.9. The second kappa shape index (κ2) is 7.34. The Morgan fingerprint density at radius 2 is 1.62 bits per heavy atom. The fourth-order valence-corrected chi connectivity index (χ4v) is 10.7. The van der Waals surface area contributed by atoms with Crippen molar-refractivity contribution in [2.45, 2.75) is 112 Å². The number of aliphatic carboxylic acids is 1. The predicted molar refractivity (Wildman–Crippen MR) is 134 cm³/mol. The Labute approximate surface area is 206 Å². The largest absolute Gasteiger partial charge is 0.481 e. The van der Waals surface area contributed by atoms with Gasteiger partial charge in [-0.15, -0.1) is 0 Å². The minimum Gasteiger partial charge on any atom is -0.481 e. The maximum absolute atomic E-state index is 12.8. The third-order valence-electron chi connectivity index (χ3n) is 13.2. The molecule has 34 heavy (non-hydrogen) atoms. The summed E-state index contributed by atoms with van der Waals surface area (Å²) in [5.74, 6) is 0.395. The van der Waals surface area contributed by atoms with Gasteiger partial charge in [0.05, 0.1) is 18.1 Å². The zero-order valence-corrected chi connectivity index (χ0v) is 22.4. The van der Waals surface area contributed by atoms with Crippen LogP contribution in [0.5, 0.6) is 0 Å². The Bertz CT molecular complexity index is 907. The van der Waals surface area contributed by atoms with E-state index < -0.39 is 22.9 Å². The molecule has 0 bridgehead atoms. The van der Waals surface area contributed by atoms with E-state index in [0.717, 1.165) is 64.2 Å². The first-order valence-electron chi connectivity index (χ1n) is 13.9. The van der Waals surface area contributed by atoms with Crippen LogP contribution in [0.2, 0.25) is 0 Å². The van der Waals surface area contributed by atoms with E-state index in [1.54, 1.807) is 0 Å². The highest BCUT2D eigenvalue weighted by Gasteiger charge is 2.69. The van der Waals surface area contributed by atoms with Gasteiger partial charge in [-0.1, -0.05) is 53.2 Å². The molecule has 5 rings (SSSR count). The summed E-state index contributed by atoms with van der Waals surface area (Å²) in [5.41, 5.74) is 0.858. The lowest BCUT2D eigenvalue weighted by Gasteiger charge is -2.71. The molecule has 4 nitrogen and oxygen atoms in total. The summed E-state index contributed by atoms with van der Waals surface area (Å²) in [6, 6.07) is 0. The number of carboxylic acid groups (broad SMARTS) is 1. The highest BCUT2D eigenvalue weighted by molar-refractivity contribution is 5.76. The summed E-state index contributed by atoms with van der Waals surface area (Å²) < 4.78 is 0. The molecular formula is C30H48O4. The van der Waals surface area contributed by atoms with E-state index in [-0.39, 0.29) is 34.2 Å². The van der Waals surface area contributed by atoms with Gasteiger partial charge >= 0.3 is 5.97 Å². The van der Waals surface area contributed by atoms with Crippen LogP contribution in [0.25, 0.3) is 0 Å². The Morgan fingerprint density at radius 3 is 2.26 bits per heavy atom. The molecule has 4 fully saturated rings. The van der Waals surface area contributed by atoms with Crippen molar-refractivity contribution in [2.75, 3.05) is 6.61 Å². The molecule has 3 N–H and O–H groups in total. The molecule has 5 aliphatic carbocycles. The molecular weight excluding hydrogens is 424 g/mol. The highest BCUT2D eigenvalue weighted by atomic mass is 16.4. The highest BCUT2D eigenvalue weighted by Crippen LogP contribution is 2.75. The topological polar surface area (TPSA) is 77.8 Å². The lowest BCUT2D eigenvalue weighted by Crippen LogP contribution is -2.65. The number of carboxylic acids is 1. The van der Waals surface area contributed by atoms with Crippen LogP contribution in [0, 0.1) is 50.2 Å². The lowest BCUT2D eigenvalue weighted by molar-refractivity contribution is -0.216. The number of rotatable bonds is 2. The Morgan fingerprint density at radius 1 is 0.941 bits per heavy atom. The van der Waals surface area contributed by atoms with Crippen LogP contribution in [-0.2, 0) is 4.79 Å². The molecule has 0 amide bonds. The van der Waals surface area contributed by atoms with Crippen LogP contribution in [0.4, 0.5) is 0 Å². The van der Waals surface area contributed by atoms with Crippen molar-refractivity contribution in [1.29, 1.82) is 0 Å². The number of carbonyl (C=O) groups is 1. The molecule has 4 heteroatoms. The van der Waals surface area contributed by atoms with E-state index in [0.29, 0.717) is 11.8 Å². The molecule has 9 atom stereocenters. The van der Waals surface area contributed by atoms with Gasteiger partial charge in [-0.25, -0.2) is 0 Å². The second-order valence-electron chi connectivity index (χ2n) is 14.9. The van der Waals surface area contributed by atoms with Crippen molar-refractivity contribution < 1.29 is 20.1 Å². The maximum atomic E-state index is 12.8. The van der Waals surface area contributed by atoms with Gasteiger partial charge in [0.1, 0.15) is 0 Å². The number of hydrogen-bond acceptors (Lipinski definition) is 3. The molecule has 0 unspecified atom stereocenters. The van der Waals surface area contributed by atoms with Gasteiger partial charge in [-0.3, -0.25) is 4.79 Å². The van der Waals surface area contributed by atoms with Gasteiger partial charge in [0.2, 0.25) is 0 Å². The third-order valence-corrected chi connectivity index (χ3v) is 13.2. The first kappa shape index (κ1) is 24.8. The van der Waals surface area contributed by atoms with Crippen LogP contribution in [0.1, 0.15) is 106 Å². The van der Waals surface area contributed by atoms with Crippen molar-refractivity contribution in [2.24, 2.45) is 50.2 Å². The van der Waals surface area contributed by atoms with Gasteiger partial charge in [0.25, 0.3) is 0 Å². The summed E-state index contributed by atoms with van der Waals surface area (Å²) in [4.78, 5) is 12.8. The lowest BCUT2D eigenvalue weighted by atomic mass is 9.33. The molecule has 0 aromatic carbocycles. The van der Waals surface area contributed by atoms with E-state index >= 15 is 0 Å². The maximum Gasteiger partial charge on any atom is 0.310 e. The Kier molecular flexibility index (Phi) is 5.36. The molecule has 0 saturated heterocycles. The quantitative estimate of drug-likeness (QED) is 0.418. The van der Waals surface area contributed by atoms with Gasteiger partial charge in [0.15, 0.2) is 0 Å². The van der Waals surface area contributed by atoms with E-state index in [1.807, 2.05) is 0 Å². The van der Waals surface area contributed by atoms with E-state index in [2.05, 4.69) is 47.6 Å². The number of aliphatic hydroxyl groups is 2. The summed E-state index contributed by atoms with van der Waals surface area (Å²) in [6.45, 7) is 14.3. The van der Waals surface area contributed by atoms with Crippen LogP contribution in [0.3, 0.4) is 0 Å². The average Bonchev–Trinajstić information content (AvgIpc) is 2.76. The molecule has 192 valence electrons. The van der Waals surface area contributed by atoms with Crippen LogP contribution >= 0.6 is 0 Å². The summed E-state index contributed by atoms with van der Waals surface area (Å²) >= 11 is 0. The van der Waals surface area contributed by atoms with E-state index in [1.165, 1.54) is 5.57 Å². The van der Waals surface area contributed by atoms with E-state index in [9.17, 15) is 20.1 Å². The molecule has 0 aromatic heterocycles. The molecule has 0 radical (unpaired) electrons. The van der Waals surface area contributed by atoms with Crippen molar-refractivity contribution in [1.82, 2.24) is 0 Å². The Balaban J connectivity index is 1.60. The minimum absolute atomic E-state index is 0.0204. The van der Waals surface area contributed by atoms with Crippen molar-refractivity contribution >= 4 is 5.97 Å². The number of allylic oxidation sites excluding steroid dienone is 2. The first-order chi connectivity index (χ1) is 15.7. The van der Waals surface area contributed by atoms with Crippen LogP contribution in [-0.4, -0.2) is 34.0 Å². The normalized spacial score (nSPS) is 54.1. The predicted octanol–water partition coefficient (Wildman–Crippen LogP) is 6.21. The fraction of sp³-hybridized carbons (Fsp3) is 0.900. The molecule has 4 saturated carbocycles. The number of aliphatic hydroxyl groups excluding tert-OH is 2. The minimum atomic E-state index is -0.588. The van der Waals surface area contributed by atoms with Gasteiger partial charge in [-0.2, -0.15) is 0 Å². The van der Waals surface area contributed by atoms with Crippen LogP contribution < -0.4 is 0 Å².